The van der Waals surface area contributed by atoms with E-state index in [9.17, 15) is 19.5 Å². The second-order valence-corrected chi connectivity index (χ2v) is 9.84. The molecule has 9 heteroatoms. The molecular weight excluding hydrogens is 790 g/mol. The van der Waals surface area contributed by atoms with Crippen molar-refractivity contribution in [1.29, 1.82) is 0 Å². The molecule has 0 aromatic heterocycles. The average molecular weight is 799 g/mol. The molecule has 3 rings (SSSR count). The van der Waals surface area contributed by atoms with E-state index >= 15 is 0 Å². The Bertz CT molecular complexity index is 899. The van der Waals surface area contributed by atoms with Gasteiger partial charge in [-0.3, -0.25) is 14.5 Å². The van der Waals surface area contributed by atoms with E-state index in [2.05, 4.69) is 45.2 Å². The van der Waals surface area contributed by atoms with E-state index in [-0.39, 0.29) is 6.42 Å². The van der Waals surface area contributed by atoms with E-state index in [4.69, 9.17) is 0 Å². The molecule has 0 saturated carbocycles. The molecule has 0 saturated heterocycles. The molecule has 1 aliphatic rings. The van der Waals surface area contributed by atoms with Gasteiger partial charge < -0.3 is 5.11 Å². The summed E-state index contributed by atoms with van der Waals surface area (Å²) in [5.41, 5.74) is 1.37. The first kappa shape index (κ1) is 20.7. The van der Waals surface area contributed by atoms with Gasteiger partial charge in [0.1, 0.15) is 6.04 Å². The third kappa shape index (κ3) is 3.52. The van der Waals surface area contributed by atoms with Gasteiger partial charge >= 0.3 is 5.97 Å². The van der Waals surface area contributed by atoms with E-state index in [1.54, 1.807) is 24.3 Å². The van der Waals surface area contributed by atoms with Gasteiger partial charge in [0.2, 0.25) is 0 Å². The average Bonchev–Trinajstić information content (AvgIpc) is 2.87. The summed E-state index contributed by atoms with van der Waals surface area (Å²) in [5.74, 6) is -2.27. The predicted molar refractivity (Wildman–Crippen MR) is 129 cm³/mol. The number of halogens is 4. The first-order valence-electron chi connectivity index (χ1n) is 7.26. The fourth-order valence-corrected chi connectivity index (χ4v) is 6.43. The van der Waals surface area contributed by atoms with E-state index in [0.717, 1.165) is 17.6 Å². The van der Waals surface area contributed by atoms with Crippen molar-refractivity contribution < 1.29 is 19.5 Å². The van der Waals surface area contributed by atoms with Gasteiger partial charge in [-0.25, -0.2) is 4.79 Å². The number of rotatable bonds is 4. The maximum atomic E-state index is 13.0. The van der Waals surface area contributed by atoms with Crippen LogP contribution in [-0.4, -0.2) is 33.8 Å². The minimum atomic E-state index is -1.24. The number of carboxylic acid groups (broad SMARTS) is 1. The molecule has 1 heterocycles. The van der Waals surface area contributed by atoms with Gasteiger partial charge in [0, 0.05) is 20.7 Å². The fourth-order valence-electron chi connectivity index (χ4n) is 2.78. The number of carbonyl (C=O) groups is 3. The maximum Gasteiger partial charge on any atom is 0.327 e. The number of benzene rings is 2. The molecule has 0 fully saturated rings. The number of imide groups is 1. The maximum absolute atomic E-state index is 13.0. The summed E-state index contributed by atoms with van der Waals surface area (Å²) >= 11 is 8.39. The Kier molecular flexibility index (Phi) is 6.48. The first-order valence-corrected chi connectivity index (χ1v) is 11.6. The van der Waals surface area contributed by atoms with E-state index in [0.29, 0.717) is 18.3 Å². The molecule has 0 spiro atoms. The normalized spacial score (nSPS) is 14.5. The van der Waals surface area contributed by atoms with Gasteiger partial charge in [0.25, 0.3) is 11.8 Å². The number of hydrogen-bond donors (Lipinski definition) is 1. The van der Waals surface area contributed by atoms with Crippen LogP contribution in [0.1, 0.15) is 26.3 Å². The van der Waals surface area contributed by atoms with Crippen molar-refractivity contribution >= 4 is 108 Å². The molecule has 0 aliphatic carbocycles. The molecular formula is C17H9I4NO4. The minimum Gasteiger partial charge on any atom is -0.480 e. The van der Waals surface area contributed by atoms with Crippen LogP contribution in [0.5, 0.6) is 0 Å². The monoisotopic (exact) mass is 799 g/mol. The smallest absolute Gasteiger partial charge is 0.327 e. The van der Waals surface area contributed by atoms with Crippen molar-refractivity contribution in [3.63, 3.8) is 0 Å². The molecule has 1 aliphatic heterocycles. The molecule has 26 heavy (non-hydrogen) atoms. The summed E-state index contributed by atoms with van der Waals surface area (Å²) in [5, 5.41) is 9.70. The number of carbonyl (C=O) groups excluding carboxylic acids is 2. The fraction of sp³-hybridized carbons (Fsp3) is 0.118. The Morgan fingerprint density at radius 3 is 1.77 bits per heavy atom. The van der Waals surface area contributed by atoms with Crippen molar-refractivity contribution in [3.8, 4) is 0 Å². The summed E-state index contributed by atoms with van der Waals surface area (Å²) in [7, 11) is 0. The van der Waals surface area contributed by atoms with Crippen molar-refractivity contribution in [2.45, 2.75) is 12.5 Å². The highest BCUT2D eigenvalue weighted by molar-refractivity contribution is 14.1. The van der Waals surface area contributed by atoms with Gasteiger partial charge in [-0.05, 0) is 95.9 Å². The van der Waals surface area contributed by atoms with Crippen molar-refractivity contribution in [2.24, 2.45) is 0 Å². The minimum absolute atomic E-state index is 0.0724. The Hall–Kier alpha value is -0.0300. The van der Waals surface area contributed by atoms with Gasteiger partial charge in [0.05, 0.1) is 11.1 Å². The molecule has 0 radical (unpaired) electrons. The lowest BCUT2D eigenvalue weighted by Crippen LogP contribution is -2.46. The quantitative estimate of drug-likeness (QED) is 0.216. The number of amides is 2. The predicted octanol–water partition coefficient (Wildman–Crippen LogP) is 4.40. The number of nitrogens with zero attached hydrogens (tertiary/aromatic N) is 1. The lowest BCUT2D eigenvalue weighted by atomic mass is 10.0. The van der Waals surface area contributed by atoms with E-state index < -0.39 is 23.8 Å². The summed E-state index contributed by atoms with van der Waals surface area (Å²) < 4.78 is 3.16. The summed E-state index contributed by atoms with van der Waals surface area (Å²) in [6.45, 7) is 0. The Morgan fingerprint density at radius 2 is 1.35 bits per heavy atom. The van der Waals surface area contributed by atoms with E-state index in [1.807, 2.05) is 51.2 Å². The number of carboxylic acids is 1. The van der Waals surface area contributed by atoms with Crippen LogP contribution < -0.4 is 0 Å². The lowest BCUT2D eigenvalue weighted by molar-refractivity contribution is -0.141. The van der Waals surface area contributed by atoms with Crippen LogP contribution in [-0.2, 0) is 11.2 Å². The Balaban J connectivity index is 2.10. The SMILES string of the molecule is O=C(O)C(Cc1ccccc1)N1C(=O)c2c(I)c(I)c(I)c(I)c2C1=O. The highest BCUT2D eigenvalue weighted by Crippen LogP contribution is 2.38. The molecule has 2 amide bonds. The van der Waals surface area contributed by atoms with E-state index in [1.165, 1.54) is 0 Å². The second kappa shape index (κ2) is 8.14. The zero-order valence-electron chi connectivity index (χ0n) is 12.8. The molecule has 134 valence electrons. The van der Waals surface area contributed by atoms with Crippen LogP contribution in [0.25, 0.3) is 0 Å². The Morgan fingerprint density at radius 1 is 0.885 bits per heavy atom. The van der Waals surface area contributed by atoms with Crippen LogP contribution >= 0.6 is 90.4 Å². The van der Waals surface area contributed by atoms with Gasteiger partial charge in [-0.1, -0.05) is 30.3 Å². The number of aliphatic carboxylic acids is 1. The molecule has 0 bridgehead atoms. The highest BCUT2D eigenvalue weighted by Gasteiger charge is 2.46. The second-order valence-electron chi connectivity index (χ2n) is 5.53. The zero-order chi connectivity index (χ0) is 19.2. The van der Waals surface area contributed by atoms with Crippen LogP contribution in [0.15, 0.2) is 30.3 Å². The third-order valence-electron chi connectivity index (χ3n) is 4.00. The van der Waals surface area contributed by atoms with Crippen molar-refractivity contribution in [1.82, 2.24) is 4.90 Å². The summed E-state index contributed by atoms with van der Waals surface area (Å²) in [6, 6.07) is 7.75. The zero-order valence-corrected chi connectivity index (χ0v) is 21.4. The van der Waals surface area contributed by atoms with Gasteiger partial charge in [0.15, 0.2) is 0 Å². The third-order valence-corrected chi connectivity index (χ3v) is 11.4. The van der Waals surface area contributed by atoms with Crippen molar-refractivity contribution in [2.75, 3.05) is 0 Å². The summed E-state index contributed by atoms with van der Waals surface area (Å²) in [4.78, 5) is 38.8. The van der Waals surface area contributed by atoms with Gasteiger partial charge in [-0.2, -0.15) is 0 Å². The van der Waals surface area contributed by atoms with Crippen LogP contribution in [0, 0.1) is 14.3 Å². The highest BCUT2D eigenvalue weighted by atomic mass is 127. The summed E-state index contributed by atoms with van der Waals surface area (Å²) in [6.07, 6.45) is 0.0724. The van der Waals surface area contributed by atoms with Crippen LogP contribution in [0.2, 0.25) is 0 Å². The molecule has 5 nitrogen and oxygen atoms in total. The van der Waals surface area contributed by atoms with Crippen LogP contribution in [0.4, 0.5) is 0 Å². The molecule has 1 atom stereocenters. The lowest BCUT2D eigenvalue weighted by Gasteiger charge is -2.22. The van der Waals surface area contributed by atoms with Gasteiger partial charge in [-0.15, -0.1) is 0 Å². The largest absolute Gasteiger partial charge is 0.480 e. The molecule has 2 aromatic rings. The Labute approximate surface area is 203 Å². The molecule has 1 N–H and O–H groups in total. The topological polar surface area (TPSA) is 74.7 Å². The first-order chi connectivity index (χ1) is 12.3. The van der Waals surface area contributed by atoms with Crippen molar-refractivity contribution in [3.05, 3.63) is 61.3 Å². The number of fused-ring (bicyclic) bond motifs is 1. The molecule has 2 aromatic carbocycles. The van der Waals surface area contributed by atoms with Crippen LogP contribution in [0.3, 0.4) is 0 Å². The number of hydrogen-bond acceptors (Lipinski definition) is 3. The standard InChI is InChI=1S/C17H9I4NO4/c18-11-9-10(12(19)14(21)13(11)20)16(24)22(15(9)23)8(17(25)26)6-7-4-2-1-3-5-7/h1-5,8H,6H2,(H,25,26). The molecule has 1 unspecified atom stereocenters.